The summed E-state index contributed by atoms with van der Waals surface area (Å²) in [5.74, 6) is 1.36. The molecule has 0 N–H and O–H groups in total. The molecule has 0 saturated heterocycles. The lowest BCUT2D eigenvalue weighted by atomic mass is 9.90. The highest BCUT2D eigenvalue weighted by Crippen LogP contribution is 2.38. The molecule has 2 rings (SSSR count). The van der Waals surface area contributed by atoms with Crippen molar-refractivity contribution >= 4 is 23.6 Å². The molecule has 2 aromatic carbocycles. The smallest absolute Gasteiger partial charge is 0.298 e. The van der Waals surface area contributed by atoms with Crippen LogP contribution in [0.5, 0.6) is 11.5 Å². The fourth-order valence-electron chi connectivity index (χ4n) is 2.52. The molecule has 0 amide bonds. The van der Waals surface area contributed by atoms with E-state index in [0.29, 0.717) is 12.2 Å². The quantitative estimate of drug-likeness (QED) is 0.443. The summed E-state index contributed by atoms with van der Waals surface area (Å²) in [4.78, 5) is 10.8. The second-order valence-electron chi connectivity index (χ2n) is 5.41. The zero-order chi connectivity index (χ0) is 16.8. The number of aryl methyl sites for hydroxylation is 2. The predicted molar refractivity (Wildman–Crippen MR) is 95.1 cm³/mol. The summed E-state index contributed by atoms with van der Waals surface area (Å²) < 4.78 is 15.9. The number of carbonyl (C=O) groups excluding carboxylic acids is 1. The first kappa shape index (κ1) is 17.5. The maximum absolute atomic E-state index is 10.8. The van der Waals surface area contributed by atoms with Crippen molar-refractivity contribution in [1.29, 1.82) is 0 Å². The van der Waals surface area contributed by atoms with Crippen LogP contribution in [0.25, 0.3) is 0 Å². The molecule has 0 spiro atoms. The molecule has 4 nitrogen and oxygen atoms in total. The van der Waals surface area contributed by atoms with Gasteiger partial charge < -0.3 is 13.7 Å². The molecular formula is C17H20BO4P. The second kappa shape index (κ2) is 8.14. The monoisotopic (exact) mass is 330 g/mol. The first-order valence-corrected chi connectivity index (χ1v) is 8.14. The Bertz CT molecular complexity index is 690. The molecule has 2 unspecified atom stereocenters. The van der Waals surface area contributed by atoms with Crippen LogP contribution in [0.4, 0.5) is 0 Å². The van der Waals surface area contributed by atoms with Crippen LogP contribution in [-0.4, -0.2) is 14.5 Å². The van der Waals surface area contributed by atoms with E-state index in [9.17, 15) is 4.79 Å². The molecule has 6 heteroatoms. The highest BCUT2D eigenvalue weighted by molar-refractivity contribution is 7.27. The highest BCUT2D eigenvalue weighted by Gasteiger charge is 2.18. The molecule has 0 aromatic heterocycles. The van der Waals surface area contributed by atoms with Gasteiger partial charge in [-0.1, -0.05) is 42.3 Å². The number of hydrogen-bond acceptors (Lipinski definition) is 4. The Morgan fingerprint density at radius 3 is 2.17 bits per heavy atom. The topological polar surface area (TPSA) is 44.8 Å². The molecule has 0 saturated carbocycles. The molecule has 2 atom stereocenters. The van der Waals surface area contributed by atoms with Crippen LogP contribution in [0.1, 0.15) is 35.1 Å². The molecule has 0 fully saturated rings. The standard InChI is InChI=1S/C17H20BO4P/c1-11-4-6-16(20-10-19)14(8-11)13(3)15-9-12(2)5-7-17(15)21-23-22-18/h4-10,13,23H,18H2,1-3H3. The fourth-order valence-corrected chi connectivity index (χ4v) is 2.88. The van der Waals surface area contributed by atoms with Crippen molar-refractivity contribution in [3.63, 3.8) is 0 Å². The van der Waals surface area contributed by atoms with E-state index in [2.05, 4.69) is 13.0 Å². The van der Waals surface area contributed by atoms with Gasteiger partial charge in [0.15, 0.2) is 9.03 Å². The largest absolute Gasteiger partial charge is 0.451 e. The van der Waals surface area contributed by atoms with Crippen LogP contribution >= 0.6 is 9.03 Å². The number of rotatable bonds is 7. The van der Waals surface area contributed by atoms with Crippen LogP contribution in [0.3, 0.4) is 0 Å². The Hall–Kier alpha value is -1.84. The van der Waals surface area contributed by atoms with Gasteiger partial charge in [0.05, 0.1) is 0 Å². The average molecular weight is 330 g/mol. The summed E-state index contributed by atoms with van der Waals surface area (Å²) in [5.41, 5.74) is 4.24. The Balaban J connectivity index is 2.47. The molecule has 2 aromatic rings. The normalized spacial score (nSPS) is 12.3. The van der Waals surface area contributed by atoms with Crippen molar-refractivity contribution in [2.75, 3.05) is 0 Å². The second-order valence-corrected chi connectivity index (χ2v) is 6.19. The third-order valence-electron chi connectivity index (χ3n) is 3.67. The Morgan fingerprint density at radius 2 is 1.61 bits per heavy atom. The van der Waals surface area contributed by atoms with Crippen molar-refractivity contribution in [2.24, 2.45) is 0 Å². The van der Waals surface area contributed by atoms with Crippen LogP contribution in [0, 0.1) is 13.8 Å². The van der Waals surface area contributed by atoms with E-state index in [0.717, 1.165) is 28.0 Å². The summed E-state index contributed by atoms with van der Waals surface area (Å²) in [6.45, 7) is 6.59. The van der Waals surface area contributed by atoms with Gasteiger partial charge in [0.1, 0.15) is 11.5 Å². The van der Waals surface area contributed by atoms with Gasteiger partial charge in [0, 0.05) is 17.0 Å². The van der Waals surface area contributed by atoms with Gasteiger partial charge in [-0.3, -0.25) is 4.79 Å². The van der Waals surface area contributed by atoms with Crippen molar-refractivity contribution in [2.45, 2.75) is 26.7 Å². The minimum Gasteiger partial charge on any atom is -0.451 e. The molecule has 0 bridgehead atoms. The minimum atomic E-state index is -0.0563. The lowest BCUT2D eigenvalue weighted by Gasteiger charge is -2.20. The first-order chi connectivity index (χ1) is 11.1. The molecule has 0 aliphatic rings. The number of ether oxygens (including phenoxy) is 1. The summed E-state index contributed by atoms with van der Waals surface area (Å²) in [6.07, 6.45) is 0. The summed E-state index contributed by atoms with van der Waals surface area (Å²) in [7, 11) is 1.55. The Morgan fingerprint density at radius 1 is 1.04 bits per heavy atom. The molecular weight excluding hydrogens is 310 g/mol. The van der Waals surface area contributed by atoms with Crippen molar-refractivity contribution in [3.8, 4) is 11.5 Å². The van der Waals surface area contributed by atoms with E-state index < -0.39 is 0 Å². The number of carbonyl (C=O) groups is 1. The fraction of sp³-hybridized carbons (Fsp3) is 0.235. The van der Waals surface area contributed by atoms with Gasteiger partial charge >= 0.3 is 0 Å². The molecule has 0 radical (unpaired) electrons. The average Bonchev–Trinajstić information content (AvgIpc) is 2.55. The zero-order valence-electron chi connectivity index (χ0n) is 13.8. The Labute approximate surface area is 139 Å². The van der Waals surface area contributed by atoms with Crippen molar-refractivity contribution in [1.82, 2.24) is 0 Å². The lowest BCUT2D eigenvalue weighted by Crippen LogP contribution is -2.03. The lowest BCUT2D eigenvalue weighted by molar-refractivity contribution is -0.120. The van der Waals surface area contributed by atoms with E-state index in [1.807, 2.05) is 44.2 Å². The molecule has 0 aliphatic carbocycles. The summed E-state index contributed by atoms with van der Waals surface area (Å²) >= 11 is 0. The molecule has 23 heavy (non-hydrogen) atoms. The first-order valence-electron chi connectivity index (χ1n) is 7.33. The van der Waals surface area contributed by atoms with Crippen LogP contribution < -0.4 is 9.26 Å². The highest BCUT2D eigenvalue weighted by atomic mass is 31.1. The van der Waals surface area contributed by atoms with E-state index in [1.54, 1.807) is 8.05 Å². The van der Waals surface area contributed by atoms with Gasteiger partial charge in [-0.2, -0.15) is 0 Å². The summed E-state index contributed by atoms with van der Waals surface area (Å²) in [6, 6.07) is 11.8. The van der Waals surface area contributed by atoms with E-state index in [1.165, 1.54) is 0 Å². The van der Waals surface area contributed by atoms with Crippen LogP contribution in [0.15, 0.2) is 36.4 Å². The molecule has 0 aliphatic heterocycles. The van der Waals surface area contributed by atoms with Gasteiger partial charge in [0.2, 0.25) is 0 Å². The van der Waals surface area contributed by atoms with Crippen molar-refractivity contribution in [3.05, 3.63) is 58.7 Å². The van der Waals surface area contributed by atoms with Gasteiger partial charge in [-0.05, 0) is 26.0 Å². The number of benzene rings is 2. The Kier molecular flexibility index (Phi) is 6.20. The molecule has 120 valence electrons. The predicted octanol–water partition coefficient (Wildman–Crippen LogP) is 3.44. The van der Waals surface area contributed by atoms with E-state index in [4.69, 9.17) is 13.7 Å². The van der Waals surface area contributed by atoms with Crippen molar-refractivity contribution < 1.29 is 18.5 Å². The maximum atomic E-state index is 10.8. The third kappa shape index (κ3) is 4.34. The molecule has 0 heterocycles. The maximum Gasteiger partial charge on any atom is 0.298 e. The van der Waals surface area contributed by atoms with Gasteiger partial charge in [-0.25, -0.2) is 0 Å². The van der Waals surface area contributed by atoms with Gasteiger partial charge in [0.25, 0.3) is 14.5 Å². The van der Waals surface area contributed by atoms with Gasteiger partial charge in [-0.15, -0.1) is 0 Å². The number of hydrogen-bond donors (Lipinski definition) is 0. The zero-order valence-corrected chi connectivity index (χ0v) is 14.8. The van der Waals surface area contributed by atoms with Crippen LogP contribution in [-0.2, 0) is 9.24 Å². The third-order valence-corrected chi connectivity index (χ3v) is 4.14. The SMILES string of the molecule is BOPOc1ccc(C)cc1C(C)c1cc(C)ccc1OC=O. The van der Waals surface area contributed by atoms with E-state index >= 15 is 0 Å². The minimum absolute atomic E-state index is 0.0152. The summed E-state index contributed by atoms with van der Waals surface area (Å²) in [5, 5.41) is 0. The van der Waals surface area contributed by atoms with E-state index in [-0.39, 0.29) is 15.0 Å². The van der Waals surface area contributed by atoms with Crippen LogP contribution in [0.2, 0.25) is 0 Å².